The van der Waals surface area contributed by atoms with Crippen molar-refractivity contribution in [1.29, 1.82) is 0 Å². The van der Waals surface area contributed by atoms with Crippen LogP contribution < -0.4 is 5.01 Å². The number of hydrogen-bond acceptors (Lipinski definition) is 8. The lowest BCUT2D eigenvalue weighted by Gasteiger charge is -2.10. The molecule has 1 amide bonds. The molecule has 0 saturated carbocycles. The molecule has 0 aliphatic carbocycles. The number of nitrogens with zero attached hydrogens (tertiary/aromatic N) is 4. The number of ketones is 1. The van der Waals surface area contributed by atoms with Crippen LogP contribution in [0.5, 0.6) is 5.88 Å². The van der Waals surface area contributed by atoms with Crippen molar-refractivity contribution in [3.05, 3.63) is 132 Å². The molecule has 0 fully saturated rings. The minimum absolute atomic E-state index is 0.0313. The number of allylic oxidation sites excluding steroid dienone is 4. The van der Waals surface area contributed by atoms with Crippen LogP contribution >= 0.6 is 0 Å². The lowest BCUT2D eigenvalue weighted by molar-refractivity contribution is -0.135. The van der Waals surface area contributed by atoms with Crippen molar-refractivity contribution < 1.29 is 29.3 Å². The van der Waals surface area contributed by atoms with E-state index in [9.17, 15) is 24.6 Å². The number of Topliss-reactive ketones (excluding diaryl/α,β-unsaturated/α-hetero) is 1. The average molecular weight is 603 g/mol. The summed E-state index contributed by atoms with van der Waals surface area (Å²) in [5.41, 5.74) is 2.19. The summed E-state index contributed by atoms with van der Waals surface area (Å²) in [4.78, 5) is 39.2. The second-order valence-corrected chi connectivity index (χ2v) is 9.90. The number of aliphatic hydroxyl groups excluding tert-OH is 1. The van der Waals surface area contributed by atoms with E-state index in [0.717, 1.165) is 10.6 Å². The van der Waals surface area contributed by atoms with Gasteiger partial charge in [0.1, 0.15) is 11.8 Å². The Morgan fingerprint density at radius 1 is 0.933 bits per heavy atom. The van der Waals surface area contributed by atoms with E-state index in [1.807, 2.05) is 36.4 Å². The first-order valence-corrected chi connectivity index (χ1v) is 14.2. The lowest BCUT2D eigenvalue weighted by Crippen LogP contribution is -2.22. The Bertz CT molecular complexity index is 1840. The third kappa shape index (κ3) is 6.56. The van der Waals surface area contributed by atoms with Gasteiger partial charge < -0.3 is 14.9 Å². The first-order valence-electron chi connectivity index (χ1n) is 14.2. The van der Waals surface area contributed by atoms with Crippen molar-refractivity contribution in [2.45, 2.75) is 20.0 Å². The predicted molar refractivity (Wildman–Crippen MR) is 171 cm³/mol. The average Bonchev–Trinajstić information content (AvgIpc) is 3.58. The molecule has 5 rings (SSSR count). The summed E-state index contributed by atoms with van der Waals surface area (Å²) in [5, 5.41) is 31.0. The van der Waals surface area contributed by atoms with Crippen LogP contribution in [0.1, 0.15) is 35.5 Å². The zero-order valence-electron chi connectivity index (χ0n) is 24.6. The highest BCUT2D eigenvalue weighted by Gasteiger charge is 2.35. The van der Waals surface area contributed by atoms with E-state index in [1.165, 1.54) is 23.8 Å². The largest absolute Gasteiger partial charge is 0.493 e. The number of aliphatic hydroxyl groups is 1. The van der Waals surface area contributed by atoms with Crippen LogP contribution in [-0.2, 0) is 14.3 Å². The Hall–Kier alpha value is -5.87. The summed E-state index contributed by atoms with van der Waals surface area (Å²) >= 11 is 0. The van der Waals surface area contributed by atoms with Crippen LogP contribution in [0.2, 0.25) is 0 Å². The summed E-state index contributed by atoms with van der Waals surface area (Å²) < 4.78 is 6.40. The topological polar surface area (TPSA) is 134 Å². The Labute approximate surface area is 259 Å². The molecule has 45 heavy (non-hydrogen) atoms. The summed E-state index contributed by atoms with van der Waals surface area (Å²) in [6, 6.07) is 26.7. The number of para-hydroxylation sites is 2. The molecule has 4 aromatic rings. The maximum absolute atomic E-state index is 13.5. The van der Waals surface area contributed by atoms with Crippen LogP contribution in [-0.4, -0.2) is 56.1 Å². The molecule has 1 aliphatic heterocycles. The Morgan fingerprint density at radius 3 is 2.13 bits per heavy atom. The summed E-state index contributed by atoms with van der Waals surface area (Å²) in [7, 11) is 0. The van der Waals surface area contributed by atoms with Crippen molar-refractivity contribution in [3.63, 3.8) is 0 Å². The first-order chi connectivity index (χ1) is 21.8. The van der Waals surface area contributed by atoms with Gasteiger partial charge in [-0.25, -0.2) is 4.79 Å². The highest BCUT2D eigenvalue weighted by Crippen LogP contribution is 2.30. The zero-order chi connectivity index (χ0) is 31.9. The van der Waals surface area contributed by atoms with Gasteiger partial charge in [0.2, 0.25) is 11.7 Å². The maximum Gasteiger partial charge on any atom is 0.359 e. The van der Waals surface area contributed by atoms with Gasteiger partial charge >= 0.3 is 5.97 Å². The van der Waals surface area contributed by atoms with E-state index < -0.39 is 23.8 Å². The SMILES string of the molecule is CCOC(=O)C1=NN(c2ccccc2)C(=O)\C1=C/C=C(/C=C/c1c(C(=O)C(C)O)nn(-c2ccccc2)c1O)c1ccccc1. The van der Waals surface area contributed by atoms with Gasteiger partial charge in [0.05, 0.1) is 29.1 Å². The van der Waals surface area contributed by atoms with Crippen LogP contribution in [0.4, 0.5) is 5.69 Å². The van der Waals surface area contributed by atoms with Gasteiger partial charge in [0, 0.05) is 0 Å². The van der Waals surface area contributed by atoms with Gasteiger partial charge in [-0.15, -0.1) is 0 Å². The smallest absolute Gasteiger partial charge is 0.359 e. The molecule has 1 aromatic heterocycles. The molecule has 10 nitrogen and oxygen atoms in total. The van der Waals surface area contributed by atoms with Crippen molar-refractivity contribution in [3.8, 4) is 11.6 Å². The number of amides is 1. The van der Waals surface area contributed by atoms with Crippen molar-refractivity contribution >= 4 is 40.7 Å². The standard InChI is InChI=1S/C35H30N4O6/c1-3-45-35(44)31-29(34(43)39(37-31)27-17-11-6-12-18-27)22-20-25(24-13-7-4-8-14-24)19-21-28-30(32(41)23(2)40)36-38(33(28)42)26-15-9-5-10-16-26/h4-23,40,42H,3H2,1-2H3/b21-19+,25-20-,29-22-. The summed E-state index contributed by atoms with van der Waals surface area (Å²) in [6.45, 7) is 3.10. The number of aromatic hydroxyl groups is 1. The van der Waals surface area contributed by atoms with Crippen LogP contribution in [0.3, 0.4) is 0 Å². The molecule has 10 heteroatoms. The van der Waals surface area contributed by atoms with E-state index in [-0.39, 0.29) is 35.0 Å². The van der Waals surface area contributed by atoms with E-state index in [2.05, 4.69) is 10.2 Å². The molecule has 1 atom stereocenters. The number of benzene rings is 3. The van der Waals surface area contributed by atoms with E-state index in [1.54, 1.807) is 73.7 Å². The van der Waals surface area contributed by atoms with E-state index in [4.69, 9.17) is 4.74 Å². The van der Waals surface area contributed by atoms with Crippen molar-refractivity contribution in [2.24, 2.45) is 5.10 Å². The number of anilines is 1. The van der Waals surface area contributed by atoms with Gasteiger partial charge in [-0.05, 0) is 61.4 Å². The third-order valence-electron chi connectivity index (χ3n) is 6.82. The second-order valence-electron chi connectivity index (χ2n) is 9.90. The minimum Gasteiger partial charge on any atom is -0.493 e. The van der Waals surface area contributed by atoms with Gasteiger partial charge in [0.15, 0.2) is 5.71 Å². The second kappa shape index (κ2) is 13.6. The highest BCUT2D eigenvalue weighted by atomic mass is 16.5. The molecule has 3 aromatic carbocycles. The Morgan fingerprint density at radius 2 is 1.53 bits per heavy atom. The fraction of sp³-hybridized carbons (Fsp3) is 0.114. The highest BCUT2D eigenvalue weighted by molar-refractivity contribution is 6.53. The van der Waals surface area contributed by atoms with Gasteiger partial charge in [-0.2, -0.15) is 19.9 Å². The van der Waals surface area contributed by atoms with Gasteiger partial charge in [-0.1, -0.05) is 78.9 Å². The van der Waals surface area contributed by atoms with E-state index in [0.29, 0.717) is 16.9 Å². The predicted octanol–water partition coefficient (Wildman–Crippen LogP) is 5.13. The molecule has 0 radical (unpaired) electrons. The normalized spacial score (nSPS) is 15.0. The minimum atomic E-state index is -1.36. The number of aromatic nitrogens is 2. The molecule has 0 saturated heterocycles. The molecule has 226 valence electrons. The summed E-state index contributed by atoms with van der Waals surface area (Å²) in [5.74, 6) is -2.21. The van der Waals surface area contributed by atoms with Crippen LogP contribution in [0, 0.1) is 0 Å². The lowest BCUT2D eigenvalue weighted by atomic mass is 10.0. The zero-order valence-corrected chi connectivity index (χ0v) is 24.6. The molecular formula is C35H30N4O6. The number of hydrazone groups is 1. The van der Waals surface area contributed by atoms with Crippen LogP contribution in [0.15, 0.2) is 120 Å². The molecule has 2 heterocycles. The van der Waals surface area contributed by atoms with E-state index >= 15 is 0 Å². The maximum atomic E-state index is 13.5. The van der Waals surface area contributed by atoms with Crippen molar-refractivity contribution in [1.82, 2.24) is 9.78 Å². The number of carbonyl (C=O) groups excluding carboxylic acids is 3. The quantitative estimate of drug-likeness (QED) is 0.111. The molecule has 1 unspecified atom stereocenters. The van der Waals surface area contributed by atoms with Gasteiger partial charge in [0.25, 0.3) is 5.91 Å². The first kappa shape index (κ1) is 30.6. The fourth-order valence-electron chi connectivity index (χ4n) is 4.59. The Kier molecular flexibility index (Phi) is 9.26. The number of esters is 1. The molecule has 0 bridgehead atoms. The molecule has 1 aliphatic rings. The fourth-order valence-corrected chi connectivity index (χ4v) is 4.59. The number of rotatable bonds is 10. The third-order valence-corrected chi connectivity index (χ3v) is 6.82. The number of carbonyl (C=O) groups is 3. The number of hydrogen-bond donors (Lipinski definition) is 2. The summed E-state index contributed by atoms with van der Waals surface area (Å²) in [6.07, 6.45) is 4.93. The molecule has 0 spiro atoms. The molecular weight excluding hydrogens is 572 g/mol. The molecule has 2 N–H and O–H groups in total. The Balaban J connectivity index is 1.61. The monoisotopic (exact) mass is 602 g/mol. The number of ether oxygens (including phenoxy) is 1. The van der Waals surface area contributed by atoms with Gasteiger partial charge in [-0.3, -0.25) is 9.59 Å². The van der Waals surface area contributed by atoms with Crippen LogP contribution in [0.25, 0.3) is 17.3 Å². The van der Waals surface area contributed by atoms with Crippen molar-refractivity contribution in [2.75, 3.05) is 11.6 Å².